The van der Waals surface area contributed by atoms with Crippen molar-refractivity contribution in [1.29, 1.82) is 0 Å². The summed E-state index contributed by atoms with van der Waals surface area (Å²) >= 11 is 0. The van der Waals surface area contributed by atoms with E-state index in [4.69, 9.17) is 9.05 Å². The zero-order valence-corrected chi connectivity index (χ0v) is 24.9. The van der Waals surface area contributed by atoms with Gasteiger partial charge in [-0.15, -0.1) is 0 Å². The largest absolute Gasteiger partial charge is 0.494 e. The maximum Gasteiger partial charge on any atom is 0.421 e. The Balaban J connectivity index is 1.27. The molecule has 1 aliphatic carbocycles. The number of benzene rings is 2. The van der Waals surface area contributed by atoms with E-state index in [0.29, 0.717) is 61.0 Å². The van der Waals surface area contributed by atoms with Gasteiger partial charge in [0.1, 0.15) is 11.4 Å². The second-order valence-electron chi connectivity index (χ2n) is 11.2. The summed E-state index contributed by atoms with van der Waals surface area (Å²) in [5.74, 6) is -0.345. The molecule has 14 heteroatoms. The van der Waals surface area contributed by atoms with Crippen LogP contribution in [0.15, 0.2) is 48.8 Å². The molecule has 0 bridgehead atoms. The lowest BCUT2D eigenvalue weighted by Crippen LogP contribution is -2.17. The van der Waals surface area contributed by atoms with Gasteiger partial charge in [-0.3, -0.25) is 4.57 Å². The molecule has 0 amide bonds. The lowest BCUT2D eigenvalue weighted by molar-refractivity contribution is -0.137. The van der Waals surface area contributed by atoms with Crippen LogP contribution in [0.5, 0.6) is 5.88 Å². The highest BCUT2D eigenvalue weighted by Gasteiger charge is 2.36. The van der Waals surface area contributed by atoms with Gasteiger partial charge in [0.2, 0.25) is 11.8 Å². The number of nitrogens with zero attached hydrogens (tertiary/aromatic N) is 3. The summed E-state index contributed by atoms with van der Waals surface area (Å²) in [7, 11) is -1.54. The molecule has 2 aromatic carbocycles. The van der Waals surface area contributed by atoms with Crippen LogP contribution in [0.1, 0.15) is 54.7 Å². The third kappa shape index (κ3) is 6.41. The summed E-state index contributed by atoms with van der Waals surface area (Å²) in [6.45, 7) is 0.707. The fourth-order valence-corrected chi connectivity index (χ4v) is 7.54. The van der Waals surface area contributed by atoms with Crippen molar-refractivity contribution in [2.45, 2.75) is 56.5 Å². The van der Waals surface area contributed by atoms with Gasteiger partial charge in [0, 0.05) is 30.5 Å². The minimum Gasteiger partial charge on any atom is -0.494 e. The molecular formula is C30H33F3N5O5P. The second-order valence-corrected chi connectivity index (χ2v) is 13.3. The summed E-state index contributed by atoms with van der Waals surface area (Å²) in [5, 5.41) is 27.9. The van der Waals surface area contributed by atoms with E-state index in [1.165, 1.54) is 0 Å². The van der Waals surface area contributed by atoms with Crippen LogP contribution >= 0.6 is 7.60 Å². The second kappa shape index (κ2) is 12.0. The molecule has 0 radical (unpaired) electrons. The van der Waals surface area contributed by atoms with Crippen LogP contribution in [0.2, 0.25) is 0 Å². The molecule has 0 spiro atoms. The maximum atomic E-state index is 13.9. The van der Waals surface area contributed by atoms with Crippen molar-refractivity contribution in [3.8, 4) is 5.88 Å². The number of halogens is 3. The molecule has 44 heavy (non-hydrogen) atoms. The van der Waals surface area contributed by atoms with Crippen molar-refractivity contribution in [1.82, 2.24) is 14.5 Å². The van der Waals surface area contributed by atoms with E-state index in [2.05, 4.69) is 20.6 Å². The number of aliphatic hydroxyl groups is 1. The first kappa shape index (κ1) is 30.4. The number of aryl methyl sites for hydroxylation is 1. The van der Waals surface area contributed by atoms with E-state index in [1.807, 2.05) is 12.3 Å². The van der Waals surface area contributed by atoms with Crippen molar-refractivity contribution in [2.75, 3.05) is 23.8 Å². The number of aromatic nitrogens is 3. The summed E-state index contributed by atoms with van der Waals surface area (Å²) in [6, 6.07) is 10.1. The topological polar surface area (TPSA) is 131 Å². The molecule has 1 saturated heterocycles. The minimum atomic E-state index is -4.73. The number of aromatic hydroxyl groups is 1. The molecule has 1 saturated carbocycles. The zero-order valence-electron chi connectivity index (χ0n) is 24.0. The molecule has 4 aromatic rings. The molecule has 2 fully saturated rings. The van der Waals surface area contributed by atoms with E-state index in [9.17, 15) is 27.9 Å². The van der Waals surface area contributed by atoms with Gasteiger partial charge in [-0.2, -0.15) is 18.2 Å². The van der Waals surface area contributed by atoms with Gasteiger partial charge in [0.15, 0.2) is 0 Å². The van der Waals surface area contributed by atoms with E-state index in [1.54, 1.807) is 41.9 Å². The van der Waals surface area contributed by atoms with Gasteiger partial charge in [-0.1, -0.05) is 18.2 Å². The predicted octanol–water partition coefficient (Wildman–Crippen LogP) is 7.33. The number of nitrogens with one attached hydrogen (secondary N) is 2. The van der Waals surface area contributed by atoms with Crippen molar-refractivity contribution in [3.05, 3.63) is 65.5 Å². The standard InChI is InChI=1S/C30H33F3N5O5P/c1-38-16-23-22(19-5-9-21(39)10-6-19)11-12-25(26(23)28(38)40)36-29-34-15-24(30(31,32)33)27(37-29)35-20-7-3-18(4-8-20)17-44(41)42-13-2-14-43-44/h3-4,7-8,11-12,15-16,19,21,39-40H,2,5-6,9-10,13-14,17H2,1H3,(H2,34,35,36,37). The third-order valence-electron chi connectivity index (χ3n) is 8.09. The molecule has 6 rings (SSSR count). The molecule has 3 heterocycles. The van der Waals surface area contributed by atoms with E-state index >= 15 is 0 Å². The van der Waals surface area contributed by atoms with Crippen molar-refractivity contribution in [2.24, 2.45) is 7.05 Å². The smallest absolute Gasteiger partial charge is 0.421 e. The number of rotatable bonds is 7. The number of anilines is 4. The fraction of sp³-hybridized carbons (Fsp3) is 0.400. The highest BCUT2D eigenvalue weighted by molar-refractivity contribution is 7.53. The lowest BCUT2D eigenvalue weighted by atomic mass is 9.81. The Morgan fingerprint density at radius 3 is 2.43 bits per heavy atom. The van der Waals surface area contributed by atoms with Gasteiger partial charge in [0.25, 0.3) is 0 Å². The van der Waals surface area contributed by atoms with Crippen LogP contribution in [-0.4, -0.2) is 44.1 Å². The fourth-order valence-electron chi connectivity index (χ4n) is 5.81. The number of hydrogen-bond acceptors (Lipinski definition) is 9. The van der Waals surface area contributed by atoms with Gasteiger partial charge < -0.3 is 34.5 Å². The van der Waals surface area contributed by atoms with E-state index < -0.39 is 25.2 Å². The van der Waals surface area contributed by atoms with Crippen molar-refractivity contribution >= 4 is 41.5 Å². The average molecular weight is 632 g/mol. The van der Waals surface area contributed by atoms with Crippen LogP contribution in [-0.2, 0) is 33.0 Å². The summed E-state index contributed by atoms with van der Waals surface area (Å²) < 4.78 is 66.8. The molecule has 0 unspecified atom stereocenters. The summed E-state index contributed by atoms with van der Waals surface area (Å²) in [6.07, 6.45) is 1.26. The van der Waals surface area contributed by atoms with Crippen LogP contribution in [0.25, 0.3) is 10.8 Å². The van der Waals surface area contributed by atoms with Gasteiger partial charge in [-0.25, -0.2) is 4.98 Å². The molecule has 0 atom stereocenters. The number of aliphatic hydroxyl groups excluding tert-OH is 1. The molecule has 10 nitrogen and oxygen atoms in total. The van der Waals surface area contributed by atoms with Gasteiger partial charge in [0.05, 0.1) is 36.6 Å². The van der Waals surface area contributed by atoms with Crippen LogP contribution in [0, 0.1) is 0 Å². The van der Waals surface area contributed by atoms with Gasteiger partial charge in [-0.05, 0) is 67.3 Å². The first-order valence-corrected chi connectivity index (χ1v) is 16.2. The Kier molecular flexibility index (Phi) is 8.31. The molecule has 234 valence electrons. The molecule has 2 aliphatic rings. The predicted molar refractivity (Wildman–Crippen MR) is 160 cm³/mol. The van der Waals surface area contributed by atoms with Crippen molar-refractivity contribution < 1.29 is 37.0 Å². The normalized spacial score (nSPS) is 20.5. The Morgan fingerprint density at radius 2 is 1.75 bits per heavy atom. The van der Waals surface area contributed by atoms with Crippen LogP contribution in [0.3, 0.4) is 0 Å². The summed E-state index contributed by atoms with van der Waals surface area (Å²) in [5.41, 5.74) is 1.41. The molecular weight excluding hydrogens is 598 g/mol. The van der Waals surface area contributed by atoms with E-state index in [-0.39, 0.29) is 30.0 Å². The highest BCUT2D eigenvalue weighted by atomic mass is 31.2. The Bertz CT molecular complexity index is 1690. The first-order chi connectivity index (χ1) is 21.0. The average Bonchev–Trinajstić information content (AvgIpc) is 3.28. The maximum absolute atomic E-state index is 13.9. The summed E-state index contributed by atoms with van der Waals surface area (Å²) in [4.78, 5) is 8.10. The number of alkyl halides is 3. The Labute approximate surface area is 251 Å². The number of hydrogen-bond donors (Lipinski definition) is 4. The third-order valence-corrected chi connectivity index (χ3v) is 10.00. The SMILES string of the molecule is Cn1cc2c(C3CCC(O)CC3)ccc(Nc3ncc(C(F)(F)F)c(Nc4ccc(CP5(=O)OCCCO5)cc4)n3)c2c1O. The molecule has 1 aliphatic heterocycles. The van der Waals surface area contributed by atoms with E-state index in [0.717, 1.165) is 23.8 Å². The lowest BCUT2D eigenvalue weighted by Gasteiger charge is -2.26. The zero-order chi connectivity index (χ0) is 31.1. The highest BCUT2D eigenvalue weighted by Crippen LogP contribution is 2.53. The first-order valence-electron chi connectivity index (χ1n) is 14.4. The Hall–Kier alpha value is -3.64. The monoisotopic (exact) mass is 631 g/mol. The molecule has 4 N–H and O–H groups in total. The van der Waals surface area contributed by atoms with Crippen molar-refractivity contribution in [3.63, 3.8) is 0 Å². The quantitative estimate of drug-likeness (QED) is 0.155. The molecule has 2 aromatic heterocycles. The Morgan fingerprint density at radius 1 is 1.05 bits per heavy atom. The van der Waals surface area contributed by atoms with Crippen LogP contribution < -0.4 is 10.6 Å². The van der Waals surface area contributed by atoms with Crippen LogP contribution in [0.4, 0.5) is 36.3 Å². The number of fused-ring (bicyclic) bond motifs is 1. The minimum absolute atomic E-state index is 0.00289. The van der Waals surface area contributed by atoms with Gasteiger partial charge >= 0.3 is 13.8 Å².